The molecule has 0 aliphatic carbocycles. The van der Waals surface area contributed by atoms with Gasteiger partial charge in [0.25, 0.3) is 0 Å². The molecule has 1 aliphatic heterocycles. The van der Waals surface area contributed by atoms with Crippen LogP contribution in [0.3, 0.4) is 0 Å². The lowest BCUT2D eigenvalue weighted by atomic mass is 10.2. The highest BCUT2D eigenvalue weighted by Crippen LogP contribution is 2.15. The Morgan fingerprint density at radius 3 is 2.58 bits per heavy atom. The van der Waals surface area contributed by atoms with Gasteiger partial charge in [-0.3, -0.25) is 9.88 Å². The molecule has 0 N–H and O–H groups in total. The Morgan fingerprint density at radius 1 is 1.05 bits per heavy atom. The standard InChI is InChI=1S/C15H16ClN3/c16-15-10-17-13-6-8-19(9-7-14(13)18-15)11-12-4-2-1-3-5-12/h1-5,10H,6-9,11H2. The van der Waals surface area contributed by atoms with Crippen molar-refractivity contribution in [2.45, 2.75) is 19.4 Å². The Kier molecular flexibility index (Phi) is 3.76. The Balaban J connectivity index is 1.70. The molecule has 1 aromatic carbocycles. The molecule has 1 aromatic heterocycles. The molecule has 0 bridgehead atoms. The summed E-state index contributed by atoms with van der Waals surface area (Å²) in [6, 6.07) is 10.6. The molecule has 4 heteroatoms. The van der Waals surface area contributed by atoms with E-state index >= 15 is 0 Å². The average molecular weight is 274 g/mol. The van der Waals surface area contributed by atoms with Crippen LogP contribution in [0.4, 0.5) is 0 Å². The lowest BCUT2D eigenvalue weighted by Gasteiger charge is -2.19. The summed E-state index contributed by atoms with van der Waals surface area (Å²) in [5, 5.41) is 0.496. The second-order valence-corrected chi connectivity index (χ2v) is 5.24. The Labute approximate surface area is 118 Å². The molecule has 3 nitrogen and oxygen atoms in total. The molecule has 98 valence electrons. The van der Waals surface area contributed by atoms with Crippen molar-refractivity contribution >= 4 is 11.6 Å². The van der Waals surface area contributed by atoms with Crippen LogP contribution in [0.5, 0.6) is 0 Å². The molecule has 2 aromatic rings. The maximum absolute atomic E-state index is 5.91. The van der Waals surface area contributed by atoms with E-state index in [1.54, 1.807) is 6.20 Å². The quantitative estimate of drug-likeness (QED) is 0.842. The van der Waals surface area contributed by atoms with Crippen LogP contribution in [0.25, 0.3) is 0 Å². The number of nitrogens with zero attached hydrogens (tertiary/aromatic N) is 3. The molecule has 0 spiro atoms. The summed E-state index contributed by atoms with van der Waals surface area (Å²) in [6.07, 6.45) is 3.52. The van der Waals surface area contributed by atoms with Crippen LogP contribution in [0.1, 0.15) is 17.0 Å². The normalized spacial score (nSPS) is 15.8. The third kappa shape index (κ3) is 3.11. The molecule has 0 saturated carbocycles. The first-order valence-electron chi connectivity index (χ1n) is 6.58. The Morgan fingerprint density at radius 2 is 1.79 bits per heavy atom. The van der Waals surface area contributed by atoms with Gasteiger partial charge in [0.1, 0.15) is 5.15 Å². The summed E-state index contributed by atoms with van der Waals surface area (Å²) in [5.74, 6) is 0. The summed E-state index contributed by atoms with van der Waals surface area (Å²) in [7, 11) is 0. The van der Waals surface area contributed by atoms with Gasteiger partial charge >= 0.3 is 0 Å². The number of rotatable bonds is 2. The van der Waals surface area contributed by atoms with Gasteiger partial charge in [-0.2, -0.15) is 0 Å². The second-order valence-electron chi connectivity index (χ2n) is 4.85. The highest BCUT2D eigenvalue weighted by molar-refractivity contribution is 6.29. The highest BCUT2D eigenvalue weighted by Gasteiger charge is 2.16. The van der Waals surface area contributed by atoms with Crippen molar-refractivity contribution in [3.05, 3.63) is 58.6 Å². The monoisotopic (exact) mass is 273 g/mol. The van der Waals surface area contributed by atoms with Gasteiger partial charge < -0.3 is 0 Å². The maximum atomic E-state index is 5.91. The molecule has 0 atom stereocenters. The maximum Gasteiger partial charge on any atom is 0.147 e. The molecule has 0 fully saturated rings. The number of fused-ring (bicyclic) bond motifs is 1. The molecule has 19 heavy (non-hydrogen) atoms. The molecule has 0 amide bonds. The van der Waals surface area contributed by atoms with Crippen LogP contribution in [-0.4, -0.2) is 28.0 Å². The van der Waals surface area contributed by atoms with Crippen LogP contribution in [0.15, 0.2) is 36.5 Å². The molecular weight excluding hydrogens is 258 g/mol. The van der Waals surface area contributed by atoms with Crippen LogP contribution in [0.2, 0.25) is 5.15 Å². The van der Waals surface area contributed by atoms with Crippen LogP contribution < -0.4 is 0 Å². The SMILES string of the molecule is Clc1cnc2c(n1)CCN(Cc1ccccc1)CC2. The Bertz CT molecular complexity index is 557. The minimum absolute atomic E-state index is 0.496. The first-order chi connectivity index (χ1) is 9.31. The van der Waals surface area contributed by atoms with Gasteiger partial charge in [-0.1, -0.05) is 41.9 Å². The van der Waals surface area contributed by atoms with E-state index in [9.17, 15) is 0 Å². The summed E-state index contributed by atoms with van der Waals surface area (Å²) in [5.41, 5.74) is 3.51. The molecule has 0 unspecified atom stereocenters. The zero-order chi connectivity index (χ0) is 13.1. The van der Waals surface area contributed by atoms with Gasteiger partial charge in [0.15, 0.2) is 0 Å². The van der Waals surface area contributed by atoms with E-state index in [0.717, 1.165) is 43.9 Å². The predicted octanol–water partition coefficient (Wildman–Crippen LogP) is 2.73. The fourth-order valence-corrected chi connectivity index (χ4v) is 2.63. The number of hydrogen-bond acceptors (Lipinski definition) is 3. The van der Waals surface area contributed by atoms with Gasteiger partial charge in [-0.25, -0.2) is 4.98 Å². The van der Waals surface area contributed by atoms with Gasteiger partial charge in [-0.05, 0) is 5.56 Å². The summed E-state index contributed by atoms with van der Waals surface area (Å²) < 4.78 is 0. The zero-order valence-electron chi connectivity index (χ0n) is 10.7. The third-order valence-corrected chi connectivity index (χ3v) is 3.66. The molecule has 3 rings (SSSR count). The van der Waals surface area contributed by atoms with E-state index in [4.69, 9.17) is 11.6 Å². The van der Waals surface area contributed by atoms with Gasteiger partial charge in [0, 0.05) is 32.5 Å². The molecule has 2 heterocycles. The molecule has 0 radical (unpaired) electrons. The van der Waals surface area contributed by atoms with Crippen molar-refractivity contribution in [1.82, 2.24) is 14.9 Å². The summed E-state index contributed by atoms with van der Waals surface area (Å²) in [4.78, 5) is 11.2. The predicted molar refractivity (Wildman–Crippen MR) is 76.2 cm³/mol. The first kappa shape index (κ1) is 12.6. The van der Waals surface area contributed by atoms with Crippen molar-refractivity contribution < 1.29 is 0 Å². The smallest absolute Gasteiger partial charge is 0.147 e. The van der Waals surface area contributed by atoms with Crippen molar-refractivity contribution in [2.24, 2.45) is 0 Å². The molecule has 0 saturated heterocycles. The van der Waals surface area contributed by atoms with E-state index < -0.39 is 0 Å². The number of halogens is 1. The van der Waals surface area contributed by atoms with E-state index in [-0.39, 0.29) is 0 Å². The zero-order valence-corrected chi connectivity index (χ0v) is 11.5. The van der Waals surface area contributed by atoms with Crippen LogP contribution in [0, 0.1) is 0 Å². The van der Waals surface area contributed by atoms with Gasteiger partial charge in [0.05, 0.1) is 17.6 Å². The lowest BCUT2D eigenvalue weighted by molar-refractivity contribution is 0.278. The van der Waals surface area contributed by atoms with E-state index in [0.29, 0.717) is 5.15 Å². The minimum Gasteiger partial charge on any atom is -0.298 e. The van der Waals surface area contributed by atoms with Crippen molar-refractivity contribution in [2.75, 3.05) is 13.1 Å². The second kappa shape index (κ2) is 5.68. The minimum atomic E-state index is 0.496. The number of aromatic nitrogens is 2. The fraction of sp³-hybridized carbons (Fsp3) is 0.333. The topological polar surface area (TPSA) is 29.0 Å². The Hall–Kier alpha value is -1.45. The van der Waals surface area contributed by atoms with Crippen molar-refractivity contribution in [3.63, 3.8) is 0 Å². The number of benzene rings is 1. The van der Waals surface area contributed by atoms with Crippen molar-refractivity contribution in [3.8, 4) is 0 Å². The summed E-state index contributed by atoms with van der Waals surface area (Å²) in [6.45, 7) is 3.03. The third-order valence-electron chi connectivity index (χ3n) is 3.48. The lowest BCUT2D eigenvalue weighted by Crippen LogP contribution is -2.25. The molecule has 1 aliphatic rings. The highest BCUT2D eigenvalue weighted by atomic mass is 35.5. The van der Waals surface area contributed by atoms with Crippen LogP contribution >= 0.6 is 11.6 Å². The fourth-order valence-electron chi connectivity index (χ4n) is 2.48. The van der Waals surface area contributed by atoms with E-state index in [1.165, 1.54) is 5.56 Å². The first-order valence-corrected chi connectivity index (χ1v) is 6.95. The van der Waals surface area contributed by atoms with Crippen LogP contribution in [-0.2, 0) is 19.4 Å². The molecular formula is C15H16ClN3. The van der Waals surface area contributed by atoms with E-state index in [2.05, 4.69) is 45.2 Å². The van der Waals surface area contributed by atoms with Gasteiger partial charge in [-0.15, -0.1) is 0 Å². The van der Waals surface area contributed by atoms with Gasteiger partial charge in [0.2, 0.25) is 0 Å². The van der Waals surface area contributed by atoms with E-state index in [1.807, 2.05) is 0 Å². The summed E-state index contributed by atoms with van der Waals surface area (Å²) >= 11 is 5.91. The average Bonchev–Trinajstić information content (AvgIpc) is 2.63. The largest absolute Gasteiger partial charge is 0.298 e. The number of hydrogen-bond donors (Lipinski definition) is 0. The van der Waals surface area contributed by atoms with Crippen molar-refractivity contribution in [1.29, 1.82) is 0 Å².